The normalized spacial score (nSPS) is 11.8. The molecule has 0 amide bonds. The van der Waals surface area contributed by atoms with Crippen LogP contribution in [-0.2, 0) is 9.59 Å². The van der Waals surface area contributed by atoms with E-state index >= 15 is 0 Å². The zero-order valence-corrected chi connectivity index (χ0v) is 14.6. The summed E-state index contributed by atoms with van der Waals surface area (Å²) >= 11 is 0. The Labute approximate surface area is 138 Å². The van der Waals surface area contributed by atoms with Crippen LogP contribution in [0.2, 0.25) is 0 Å². The highest BCUT2D eigenvalue weighted by atomic mass is 16.5. The Kier molecular flexibility index (Phi) is 7.52. The average molecular weight is 317 g/mol. The van der Waals surface area contributed by atoms with Crippen molar-refractivity contribution in [1.82, 2.24) is 0 Å². The molecular weight excluding hydrogens is 290 g/mol. The first-order valence-electron chi connectivity index (χ1n) is 8.18. The summed E-state index contributed by atoms with van der Waals surface area (Å²) in [6.07, 6.45) is 3.41. The van der Waals surface area contributed by atoms with Crippen molar-refractivity contribution in [2.45, 2.75) is 59.8 Å². The Morgan fingerprint density at radius 1 is 1.22 bits per heavy atom. The summed E-state index contributed by atoms with van der Waals surface area (Å²) < 4.78 is 5.47. The number of unbranched alkanes of at least 4 members (excludes halogenated alkanes) is 1. The number of hydrogen-bond acceptors (Lipinski definition) is 4. The van der Waals surface area contributed by atoms with Crippen molar-refractivity contribution >= 4 is 17.4 Å². The predicted octanol–water partition coefficient (Wildman–Crippen LogP) is 4.15. The number of Topliss-reactive ketones (excluding diaryl/α,β-unsaturated/α-hetero) is 1. The van der Waals surface area contributed by atoms with Crippen molar-refractivity contribution < 1.29 is 14.3 Å². The van der Waals surface area contributed by atoms with Crippen LogP contribution in [0.4, 0.5) is 0 Å². The van der Waals surface area contributed by atoms with Crippen LogP contribution in [0.1, 0.15) is 64.0 Å². The van der Waals surface area contributed by atoms with Gasteiger partial charge in [0.2, 0.25) is 0 Å². The number of carbonyl (C=O) groups excluding carboxylic acids is 2. The second-order valence-corrected chi connectivity index (χ2v) is 5.78. The number of ketones is 1. The molecular formula is C19H27NO3. The number of nitrogens with two attached hydrogens (primary N) is 1. The second-order valence-electron chi connectivity index (χ2n) is 5.78. The van der Waals surface area contributed by atoms with E-state index in [1.54, 1.807) is 13.8 Å². The summed E-state index contributed by atoms with van der Waals surface area (Å²) in [6, 6.07) is 5.60. The molecule has 0 saturated heterocycles. The Morgan fingerprint density at radius 2 is 1.91 bits per heavy atom. The van der Waals surface area contributed by atoms with Crippen LogP contribution in [0.5, 0.6) is 5.75 Å². The standard InChI is InChI=1S/C19H27NO3/c1-5-7-10-15(12-14(4)21)18(20)16-11-8-9-13(3)19(16)23-17(22)6-2/h8-9,11H,5-7,10,12,20H2,1-4H3/b18-15-. The van der Waals surface area contributed by atoms with E-state index in [2.05, 4.69) is 6.92 Å². The van der Waals surface area contributed by atoms with Gasteiger partial charge in [0.25, 0.3) is 0 Å². The van der Waals surface area contributed by atoms with Crippen molar-refractivity contribution in [3.05, 3.63) is 34.9 Å². The predicted molar refractivity (Wildman–Crippen MR) is 93.0 cm³/mol. The zero-order chi connectivity index (χ0) is 17.4. The Balaban J connectivity index is 3.33. The summed E-state index contributed by atoms with van der Waals surface area (Å²) in [5, 5.41) is 0. The number of esters is 1. The molecule has 0 bridgehead atoms. The van der Waals surface area contributed by atoms with Gasteiger partial charge in [0.05, 0.1) is 0 Å². The molecule has 1 aromatic rings. The molecule has 2 N–H and O–H groups in total. The second kappa shape index (κ2) is 9.13. The van der Waals surface area contributed by atoms with Crippen molar-refractivity contribution in [1.29, 1.82) is 0 Å². The fourth-order valence-corrected chi connectivity index (χ4v) is 2.39. The minimum absolute atomic E-state index is 0.0822. The lowest BCUT2D eigenvalue weighted by molar-refractivity contribution is -0.134. The topological polar surface area (TPSA) is 69.4 Å². The maximum atomic E-state index is 11.7. The molecule has 4 nitrogen and oxygen atoms in total. The van der Waals surface area contributed by atoms with Gasteiger partial charge >= 0.3 is 5.97 Å². The van der Waals surface area contributed by atoms with Gasteiger partial charge in [-0.3, -0.25) is 9.59 Å². The largest absolute Gasteiger partial charge is 0.426 e. The summed E-state index contributed by atoms with van der Waals surface area (Å²) in [5.41, 5.74) is 9.36. The van der Waals surface area contributed by atoms with Crippen LogP contribution >= 0.6 is 0 Å². The lowest BCUT2D eigenvalue weighted by Gasteiger charge is -2.16. The van der Waals surface area contributed by atoms with E-state index in [-0.39, 0.29) is 11.8 Å². The smallest absolute Gasteiger partial charge is 0.310 e. The molecule has 0 spiro atoms. The molecule has 126 valence electrons. The van der Waals surface area contributed by atoms with E-state index in [0.29, 0.717) is 29.9 Å². The lowest BCUT2D eigenvalue weighted by Crippen LogP contribution is -2.12. The lowest BCUT2D eigenvalue weighted by atomic mass is 9.96. The van der Waals surface area contributed by atoms with E-state index in [0.717, 1.165) is 30.4 Å². The molecule has 4 heteroatoms. The number of carbonyl (C=O) groups is 2. The number of benzene rings is 1. The quantitative estimate of drug-likeness (QED) is 0.577. The molecule has 23 heavy (non-hydrogen) atoms. The van der Waals surface area contributed by atoms with E-state index < -0.39 is 0 Å². The van der Waals surface area contributed by atoms with Gasteiger partial charge in [-0.15, -0.1) is 0 Å². The molecule has 0 aliphatic carbocycles. The molecule has 0 atom stereocenters. The Hall–Kier alpha value is -2.10. The molecule has 1 aromatic carbocycles. The van der Waals surface area contributed by atoms with Gasteiger partial charge in [0.15, 0.2) is 0 Å². The summed E-state index contributed by atoms with van der Waals surface area (Å²) in [7, 11) is 0. The fourth-order valence-electron chi connectivity index (χ4n) is 2.39. The van der Waals surface area contributed by atoms with Gasteiger partial charge in [-0.2, -0.15) is 0 Å². The SMILES string of the molecule is CCCC/C(CC(C)=O)=C(/N)c1cccc(C)c1OC(=O)CC. The molecule has 0 heterocycles. The van der Waals surface area contributed by atoms with Gasteiger partial charge in [-0.05, 0) is 43.9 Å². The van der Waals surface area contributed by atoms with Crippen molar-refractivity contribution in [2.24, 2.45) is 5.73 Å². The van der Waals surface area contributed by atoms with Crippen LogP contribution in [0.25, 0.3) is 5.70 Å². The summed E-state index contributed by atoms with van der Waals surface area (Å²) in [5.74, 6) is 0.281. The molecule has 0 radical (unpaired) electrons. The Morgan fingerprint density at radius 3 is 2.48 bits per heavy atom. The van der Waals surface area contributed by atoms with E-state index in [4.69, 9.17) is 10.5 Å². The molecule has 0 aliphatic rings. The average Bonchev–Trinajstić information content (AvgIpc) is 2.52. The molecule has 0 aromatic heterocycles. The molecule has 0 aliphatic heterocycles. The van der Waals surface area contributed by atoms with Gasteiger partial charge in [0, 0.05) is 24.1 Å². The van der Waals surface area contributed by atoms with E-state index in [1.165, 1.54) is 0 Å². The van der Waals surface area contributed by atoms with E-state index in [1.807, 2.05) is 25.1 Å². The van der Waals surface area contributed by atoms with Gasteiger partial charge in [0.1, 0.15) is 11.5 Å². The maximum absolute atomic E-state index is 11.7. The third-order valence-electron chi connectivity index (χ3n) is 3.68. The van der Waals surface area contributed by atoms with Crippen molar-refractivity contribution in [3.8, 4) is 5.75 Å². The number of ether oxygens (including phenoxy) is 1. The first-order chi connectivity index (χ1) is 10.9. The minimum atomic E-state index is -0.296. The highest BCUT2D eigenvalue weighted by molar-refractivity contribution is 5.83. The fraction of sp³-hybridized carbons (Fsp3) is 0.474. The number of allylic oxidation sites excluding steroid dienone is 1. The van der Waals surface area contributed by atoms with Crippen LogP contribution < -0.4 is 10.5 Å². The van der Waals surface area contributed by atoms with Crippen LogP contribution in [0, 0.1) is 6.92 Å². The van der Waals surface area contributed by atoms with Crippen LogP contribution in [-0.4, -0.2) is 11.8 Å². The number of aryl methyl sites for hydroxylation is 1. The molecule has 0 unspecified atom stereocenters. The first-order valence-corrected chi connectivity index (χ1v) is 8.18. The van der Waals surface area contributed by atoms with E-state index in [9.17, 15) is 9.59 Å². The zero-order valence-electron chi connectivity index (χ0n) is 14.6. The number of rotatable bonds is 8. The van der Waals surface area contributed by atoms with Crippen LogP contribution in [0.15, 0.2) is 23.8 Å². The van der Waals surface area contributed by atoms with Gasteiger partial charge in [-0.1, -0.05) is 32.4 Å². The van der Waals surface area contributed by atoms with Gasteiger partial charge in [-0.25, -0.2) is 0 Å². The number of hydrogen-bond donors (Lipinski definition) is 1. The highest BCUT2D eigenvalue weighted by Gasteiger charge is 2.16. The summed E-state index contributed by atoms with van der Waals surface area (Å²) in [4.78, 5) is 23.2. The minimum Gasteiger partial charge on any atom is -0.426 e. The molecule has 1 rings (SSSR count). The van der Waals surface area contributed by atoms with Gasteiger partial charge < -0.3 is 10.5 Å². The highest BCUT2D eigenvalue weighted by Crippen LogP contribution is 2.31. The Bertz CT molecular complexity index is 603. The van der Waals surface area contributed by atoms with Crippen molar-refractivity contribution in [3.63, 3.8) is 0 Å². The molecule has 0 saturated carbocycles. The third kappa shape index (κ3) is 5.55. The third-order valence-corrected chi connectivity index (χ3v) is 3.68. The maximum Gasteiger partial charge on any atom is 0.310 e. The van der Waals surface area contributed by atoms with Crippen LogP contribution in [0.3, 0.4) is 0 Å². The first kappa shape index (κ1) is 18.9. The monoisotopic (exact) mass is 317 g/mol. The summed E-state index contributed by atoms with van der Waals surface area (Å²) in [6.45, 7) is 7.30. The van der Waals surface area contributed by atoms with Crippen molar-refractivity contribution in [2.75, 3.05) is 0 Å². The molecule has 0 fully saturated rings. The number of para-hydroxylation sites is 1.